The zero-order valence-corrected chi connectivity index (χ0v) is 26.3. The third-order valence-electron chi connectivity index (χ3n) is 7.27. The lowest BCUT2D eigenvalue weighted by atomic mass is 10.0. The number of anilines is 1. The normalized spacial score (nSPS) is 11.9. The largest absolute Gasteiger partial charge is 0.357 e. The maximum atomic E-state index is 14.4. The predicted molar refractivity (Wildman–Crippen MR) is 172 cm³/mol. The van der Waals surface area contributed by atoms with E-state index in [2.05, 4.69) is 5.32 Å². The van der Waals surface area contributed by atoms with Gasteiger partial charge in [-0.15, -0.1) is 0 Å². The van der Waals surface area contributed by atoms with Gasteiger partial charge < -0.3 is 10.2 Å². The summed E-state index contributed by atoms with van der Waals surface area (Å²) in [6.07, 6.45) is 0.237. The molecule has 1 atom stereocenters. The van der Waals surface area contributed by atoms with Crippen LogP contribution in [0, 0.1) is 20.8 Å². The molecule has 0 spiro atoms. The second-order valence-electron chi connectivity index (χ2n) is 10.6. The molecule has 0 saturated carbocycles. The number of halogens is 1. The van der Waals surface area contributed by atoms with Crippen molar-refractivity contribution < 1.29 is 18.0 Å². The molecule has 224 valence electrons. The molecule has 7 nitrogen and oxygen atoms in total. The third kappa shape index (κ3) is 7.83. The number of hydrogen-bond acceptors (Lipinski definition) is 4. The molecule has 1 unspecified atom stereocenters. The number of carbonyl (C=O) groups is 2. The highest BCUT2D eigenvalue weighted by atomic mass is 35.5. The minimum atomic E-state index is -4.16. The van der Waals surface area contributed by atoms with E-state index in [-0.39, 0.29) is 23.8 Å². The molecule has 0 aliphatic carbocycles. The number of sulfonamides is 1. The summed E-state index contributed by atoms with van der Waals surface area (Å²) in [6.45, 7) is 5.15. The summed E-state index contributed by atoms with van der Waals surface area (Å²) in [4.78, 5) is 29.3. The molecule has 1 N–H and O–H groups in total. The molecule has 2 amide bonds. The fourth-order valence-electron chi connectivity index (χ4n) is 4.99. The first-order valence-corrected chi connectivity index (χ1v) is 15.8. The van der Waals surface area contributed by atoms with E-state index in [1.54, 1.807) is 36.4 Å². The van der Waals surface area contributed by atoms with Gasteiger partial charge in [0, 0.05) is 25.0 Å². The number of aryl methyl sites for hydroxylation is 3. The number of benzene rings is 4. The van der Waals surface area contributed by atoms with E-state index in [0.717, 1.165) is 21.0 Å². The molecule has 9 heteroatoms. The number of carbonyl (C=O) groups excluding carboxylic acids is 2. The lowest BCUT2D eigenvalue weighted by molar-refractivity contribution is -0.139. The quantitative estimate of drug-likeness (QED) is 0.229. The standard InChI is InChI=1S/C34H36ClN3O4S/c1-24-13-16-30(17-14-24)43(41,42)38(31-18-15-25(2)19-26(31)3)23-33(39)37(22-28-11-8-12-29(35)20-28)32(34(40)36-4)21-27-9-6-5-7-10-27/h5-20,32H,21-23H2,1-4H3,(H,36,40). The highest BCUT2D eigenvalue weighted by Crippen LogP contribution is 2.29. The molecule has 4 aromatic carbocycles. The molecular weight excluding hydrogens is 582 g/mol. The molecule has 0 radical (unpaired) electrons. The summed E-state index contributed by atoms with van der Waals surface area (Å²) in [5, 5.41) is 3.18. The SMILES string of the molecule is CNC(=O)C(Cc1ccccc1)N(Cc1cccc(Cl)c1)C(=O)CN(c1ccc(C)cc1C)S(=O)(=O)c1ccc(C)cc1. The van der Waals surface area contributed by atoms with Crippen molar-refractivity contribution in [2.75, 3.05) is 17.9 Å². The molecule has 0 fully saturated rings. The van der Waals surface area contributed by atoms with Crippen LogP contribution >= 0.6 is 11.6 Å². The van der Waals surface area contributed by atoms with E-state index < -0.39 is 28.5 Å². The second kappa shape index (κ2) is 13.9. The van der Waals surface area contributed by atoms with E-state index in [9.17, 15) is 18.0 Å². The first-order valence-electron chi connectivity index (χ1n) is 14.0. The maximum absolute atomic E-state index is 14.4. The monoisotopic (exact) mass is 617 g/mol. The van der Waals surface area contributed by atoms with Crippen LogP contribution in [0.3, 0.4) is 0 Å². The lowest BCUT2D eigenvalue weighted by Crippen LogP contribution is -2.53. The van der Waals surface area contributed by atoms with E-state index in [4.69, 9.17) is 11.6 Å². The molecule has 43 heavy (non-hydrogen) atoms. The first kappa shape index (κ1) is 31.8. The average Bonchev–Trinajstić information content (AvgIpc) is 2.98. The molecular formula is C34H36ClN3O4S. The van der Waals surface area contributed by atoms with Crippen molar-refractivity contribution in [2.45, 2.75) is 44.7 Å². The van der Waals surface area contributed by atoms with Crippen LogP contribution < -0.4 is 9.62 Å². The average molecular weight is 618 g/mol. The van der Waals surface area contributed by atoms with Crippen molar-refractivity contribution >= 4 is 39.1 Å². The van der Waals surface area contributed by atoms with Crippen molar-refractivity contribution in [3.8, 4) is 0 Å². The van der Waals surface area contributed by atoms with Gasteiger partial charge >= 0.3 is 0 Å². The summed E-state index contributed by atoms with van der Waals surface area (Å²) < 4.78 is 29.4. The fourth-order valence-corrected chi connectivity index (χ4v) is 6.68. The minimum Gasteiger partial charge on any atom is -0.357 e. The van der Waals surface area contributed by atoms with Crippen LogP contribution in [0.1, 0.15) is 27.8 Å². The first-order chi connectivity index (χ1) is 20.5. The summed E-state index contributed by atoms with van der Waals surface area (Å²) in [5.74, 6) is -0.890. The maximum Gasteiger partial charge on any atom is 0.264 e. The van der Waals surface area contributed by atoms with Crippen LogP contribution in [0.2, 0.25) is 5.02 Å². The zero-order chi connectivity index (χ0) is 31.1. The van der Waals surface area contributed by atoms with Gasteiger partial charge in [0.15, 0.2) is 0 Å². The molecule has 4 aromatic rings. The third-order valence-corrected chi connectivity index (χ3v) is 9.28. The predicted octanol–water partition coefficient (Wildman–Crippen LogP) is 5.85. The Morgan fingerprint density at radius 1 is 0.814 bits per heavy atom. The molecule has 0 saturated heterocycles. The molecule has 0 aromatic heterocycles. The topological polar surface area (TPSA) is 86.8 Å². The van der Waals surface area contributed by atoms with Crippen LogP contribution in [0.25, 0.3) is 0 Å². The summed E-state index contributed by atoms with van der Waals surface area (Å²) in [6, 6.07) is 27.5. The van der Waals surface area contributed by atoms with Gasteiger partial charge in [-0.05, 0) is 67.8 Å². The van der Waals surface area contributed by atoms with Crippen LogP contribution in [-0.2, 0) is 32.6 Å². The van der Waals surface area contributed by atoms with Crippen molar-refractivity contribution in [3.63, 3.8) is 0 Å². The Labute approximate surface area is 259 Å². The Morgan fingerprint density at radius 3 is 2.09 bits per heavy atom. The van der Waals surface area contributed by atoms with Crippen molar-refractivity contribution in [3.05, 3.63) is 130 Å². The van der Waals surface area contributed by atoms with E-state index in [1.165, 1.54) is 24.1 Å². The Balaban J connectivity index is 1.81. The van der Waals surface area contributed by atoms with Gasteiger partial charge in [0.25, 0.3) is 10.0 Å². The highest BCUT2D eigenvalue weighted by molar-refractivity contribution is 7.92. The number of amides is 2. The molecule has 0 aliphatic heterocycles. The van der Waals surface area contributed by atoms with Gasteiger partial charge in [0.2, 0.25) is 11.8 Å². The Bertz CT molecular complexity index is 1690. The van der Waals surface area contributed by atoms with E-state index in [0.29, 0.717) is 21.8 Å². The van der Waals surface area contributed by atoms with Gasteiger partial charge in [0.05, 0.1) is 10.6 Å². The van der Waals surface area contributed by atoms with Crippen LogP contribution in [-0.4, -0.2) is 44.8 Å². The number of rotatable bonds is 11. The van der Waals surface area contributed by atoms with Gasteiger partial charge in [-0.25, -0.2) is 8.42 Å². The summed E-state index contributed by atoms with van der Waals surface area (Å²) >= 11 is 6.27. The Morgan fingerprint density at radius 2 is 1.47 bits per heavy atom. The van der Waals surface area contributed by atoms with Crippen LogP contribution in [0.15, 0.2) is 102 Å². The minimum absolute atomic E-state index is 0.0512. The van der Waals surface area contributed by atoms with Crippen molar-refractivity contribution in [1.29, 1.82) is 0 Å². The summed E-state index contributed by atoms with van der Waals surface area (Å²) in [7, 11) is -2.64. The van der Waals surface area contributed by atoms with Crippen molar-refractivity contribution in [2.24, 2.45) is 0 Å². The Kier molecular flexibility index (Phi) is 10.3. The van der Waals surface area contributed by atoms with Gasteiger partial charge in [-0.3, -0.25) is 13.9 Å². The molecule has 0 heterocycles. The smallest absolute Gasteiger partial charge is 0.264 e. The molecule has 0 bridgehead atoms. The van der Waals surface area contributed by atoms with Crippen LogP contribution in [0.4, 0.5) is 5.69 Å². The second-order valence-corrected chi connectivity index (χ2v) is 12.9. The fraction of sp³-hybridized carbons (Fsp3) is 0.235. The molecule has 4 rings (SSSR count). The van der Waals surface area contributed by atoms with Gasteiger partial charge in [-0.2, -0.15) is 0 Å². The number of nitrogens with zero attached hydrogens (tertiary/aromatic N) is 2. The summed E-state index contributed by atoms with van der Waals surface area (Å²) in [5.41, 5.74) is 4.54. The van der Waals surface area contributed by atoms with E-state index in [1.807, 2.05) is 69.3 Å². The zero-order valence-electron chi connectivity index (χ0n) is 24.7. The number of likely N-dealkylation sites (N-methyl/N-ethyl adjacent to an activating group) is 1. The van der Waals surface area contributed by atoms with E-state index >= 15 is 0 Å². The number of hydrogen-bond donors (Lipinski definition) is 1. The van der Waals surface area contributed by atoms with Gasteiger partial charge in [-0.1, -0.05) is 89.5 Å². The van der Waals surface area contributed by atoms with Crippen LogP contribution in [0.5, 0.6) is 0 Å². The van der Waals surface area contributed by atoms with Gasteiger partial charge in [0.1, 0.15) is 12.6 Å². The molecule has 0 aliphatic rings. The van der Waals surface area contributed by atoms with Crippen molar-refractivity contribution in [1.82, 2.24) is 10.2 Å². The Hall–Kier alpha value is -4.14. The lowest BCUT2D eigenvalue weighted by Gasteiger charge is -2.34. The highest BCUT2D eigenvalue weighted by Gasteiger charge is 2.34. The number of nitrogens with one attached hydrogen (secondary N) is 1.